The number of rotatable bonds is 2. The van der Waals surface area contributed by atoms with Gasteiger partial charge in [0.1, 0.15) is 0 Å². The van der Waals surface area contributed by atoms with Crippen molar-refractivity contribution in [3.05, 3.63) is 18.0 Å². The minimum Gasteiger partial charge on any atom is -0.385 e. The average Bonchev–Trinajstić information content (AvgIpc) is 2.71. The van der Waals surface area contributed by atoms with Gasteiger partial charge >= 0.3 is 0 Å². The number of aliphatic hydroxyl groups is 1. The summed E-state index contributed by atoms with van der Waals surface area (Å²) in [5, 5.41) is 14.9. The van der Waals surface area contributed by atoms with Crippen molar-refractivity contribution in [2.75, 3.05) is 0 Å². The Bertz CT molecular complexity index is 334. The Kier molecular flexibility index (Phi) is 2.83. The van der Waals surface area contributed by atoms with E-state index in [-0.39, 0.29) is 0 Å². The summed E-state index contributed by atoms with van der Waals surface area (Å²) in [4.78, 5) is 0. The van der Waals surface area contributed by atoms with Gasteiger partial charge in [-0.1, -0.05) is 19.8 Å². The molecule has 1 aliphatic rings. The van der Waals surface area contributed by atoms with Gasteiger partial charge in [-0.2, -0.15) is 5.10 Å². The molecular weight excluding hydrogens is 188 g/mol. The third kappa shape index (κ3) is 1.81. The summed E-state index contributed by atoms with van der Waals surface area (Å²) in [6.07, 6.45) is 8.17. The Morgan fingerprint density at radius 3 is 3.00 bits per heavy atom. The highest BCUT2D eigenvalue weighted by molar-refractivity contribution is 5.17. The Morgan fingerprint density at radius 2 is 2.40 bits per heavy atom. The van der Waals surface area contributed by atoms with Gasteiger partial charge in [0.2, 0.25) is 0 Å². The fraction of sp³-hybridized carbons (Fsp3) is 0.750. The van der Waals surface area contributed by atoms with E-state index in [1.807, 2.05) is 17.1 Å². The molecular formula is C12H20N2O. The molecule has 1 aliphatic carbocycles. The SMILES string of the molecule is CCn1cc(C2(O)CCCCC2C)cn1. The van der Waals surface area contributed by atoms with Gasteiger partial charge < -0.3 is 5.11 Å². The lowest BCUT2D eigenvalue weighted by Gasteiger charge is -2.37. The highest BCUT2D eigenvalue weighted by atomic mass is 16.3. The highest BCUT2D eigenvalue weighted by Crippen LogP contribution is 2.41. The molecule has 2 unspecified atom stereocenters. The third-order valence-corrected chi connectivity index (χ3v) is 3.72. The highest BCUT2D eigenvalue weighted by Gasteiger charge is 2.38. The standard InChI is InChI=1S/C12H20N2O/c1-3-14-9-11(8-13-14)12(15)7-5-4-6-10(12)2/h8-10,15H,3-7H2,1-2H3. The van der Waals surface area contributed by atoms with Crippen LogP contribution in [0, 0.1) is 5.92 Å². The first-order valence-electron chi connectivity index (χ1n) is 5.92. The summed E-state index contributed by atoms with van der Waals surface area (Å²) >= 11 is 0. The van der Waals surface area contributed by atoms with Gasteiger partial charge in [0.15, 0.2) is 0 Å². The van der Waals surface area contributed by atoms with E-state index in [0.29, 0.717) is 5.92 Å². The molecule has 15 heavy (non-hydrogen) atoms. The maximum atomic E-state index is 10.7. The first kappa shape index (κ1) is 10.7. The summed E-state index contributed by atoms with van der Waals surface area (Å²) in [5.74, 6) is 0.348. The second kappa shape index (κ2) is 3.97. The molecule has 1 heterocycles. The molecule has 1 aromatic rings. The Morgan fingerprint density at radius 1 is 1.60 bits per heavy atom. The topological polar surface area (TPSA) is 38.0 Å². The van der Waals surface area contributed by atoms with Crippen molar-refractivity contribution < 1.29 is 5.11 Å². The van der Waals surface area contributed by atoms with E-state index in [2.05, 4.69) is 18.9 Å². The Labute approximate surface area is 91.1 Å². The minimum atomic E-state index is -0.633. The molecule has 2 rings (SSSR count). The molecule has 0 spiro atoms. The van der Waals surface area contributed by atoms with Gasteiger partial charge in [-0.15, -0.1) is 0 Å². The van der Waals surface area contributed by atoms with Crippen molar-refractivity contribution in [2.45, 2.75) is 51.7 Å². The van der Waals surface area contributed by atoms with Crippen LogP contribution in [-0.2, 0) is 12.1 Å². The summed E-state index contributed by atoms with van der Waals surface area (Å²) in [7, 11) is 0. The second-order valence-electron chi connectivity index (χ2n) is 4.66. The molecule has 0 amide bonds. The largest absolute Gasteiger partial charge is 0.385 e. The normalized spacial score (nSPS) is 31.8. The number of hydrogen-bond acceptors (Lipinski definition) is 2. The molecule has 1 saturated carbocycles. The molecule has 1 aromatic heterocycles. The van der Waals surface area contributed by atoms with E-state index in [0.717, 1.165) is 31.4 Å². The van der Waals surface area contributed by atoms with Crippen molar-refractivity contribution >= 4 is 0 Å². The van der Waals surface area contributed by atoms with E-state index in [1.165, 1.54) is 6.42 Å². The lowest BCUT2D eigenvalue weighted by atomic mass is 9.73. The van der Waals surface area contributed by atoms with Crippen LogP contribution in [0.25, 0.3) is 0 Å². The van der Waals surface area contributed by atoms with Gasteiger partial charge in [-0.05, 0) is 25.7 Å². The van der Waals surface area contributed by atoms with Crippen LogP contribution in [0.2, 0.25) is 0 Å². The maximum Gasteiger partial charge on any atom is 0.0952 e. The third-order valence-electron chi connectivity index (χ3n) is 3.72. The second-order valence-corrected chi connectivity index (χ2v) is 4.66. The predicted octanol–water partition coefficient (Wildman–Crippen LogP) is 2.30. The van der Waals surface area contributed by atoms with E-state index in [9.17, 15) is 5.11 Å². The molecule has 3 heteroatoms. The van der Waals surface area contributed by atoms with Crippen LogP contribution in [0.5, 0.6) is 0 Å². The molecule has 0 saturated heterocycles. The van der Waals surface area contributed by atoms with E-state index in [4.69, 9.17) is 0 Å². The fourth-order valence-electron chi connectivity index (χ4n) is 2.52. The Hall–Kier alpha value is -0.830. The van der Waals surface area contributed by atoms with Gasteiger partial charge in [0.25, 0.3) is 0 Å². The van der Waals surface area contributed by atoms with E-state index in [1.54, 1.807) is 0 Å². The molecule has 0 bridgehead atoms. The number of aryl methyl sites for hydroxylation is 1. The molecule has 1 fully saturated rings. The van der Waals surface area contributed by atoms with Crippen LogP contribution >= 0.6 is 0 Å². The van der Waals surface area contributed by atoms with Crippen molar-refractivity contribution in [1.29, 1.82) is 0 Å². The number of aromatic nitrogens is 2. The molecule has 3 nitrogen and oxygen atoms in total. The molecule has 1 N–H and O–H groups in total. The lowest BCUT2D eigenvalue weighted by molar-refractivity contribution is -0.0470. The predicted molar refractivity (Wildman–Crippen MR) is 59.4 cm³/mol. The van der Waals surface area contributed by atoms with Crippen molar-refractivity contribution in [1.82, 2.24) is 9.78 Å². The smallest absolute Gasteiger partial charge is 0.0952 e. The zero-order chi connectivity index (χ0) is 10.9. The monoisotopic (exact) mass is 208 g/mol. The minimum absolute atomic E-state index is 0.348. The summed E-state index contributed by atoms with van der Waals surface area (Å²) in [5.41, 5.74) is 0.364. The van der Waals surface area contributed by atoms with Gasteiger partial charge in [0.05, 0.1) is 11.8 Å². The number of hydrogen-bond donors (Lipinski definition) is 1. The zero-order valence-electron chi connectivity index (χ0n) is 9.61. The average molecular weight is 208 g/mol. The van der Waals surface area contributed by atoms with Crippen LogP contribution in [-0.4, -0.2) is 14.9 Å². The molecule has 0 aliphatic heterocycles. The van der Waals surface area contributed by atoms with E-state index < -0.39 is 5.60 Å². The van der Waals surface area contributed by atoms with Crippen LogP contribution in [0.15, 0.2) is 12.4 Å². The van der Waals surface area contributed by atoms with Gasteiger partial charge in [-0.25, -0.2) is 0 Å². The zero-order valence-corrected chi connectivity index (χ0v) is 9.61. The van der Waals surface area contributed by atoms with Crippen molar-refractivity contribution in [2.24, 2.45) is 5.92 Å². The number of nitrogens with zero attached hydrogens (tertiary/aromatic N) is 2. The van der Waals surface area contributed by atoms with Crippen LogP contribution < -0.4 is 0 Å². The summed E-state index contributed by atoms with van der Waals surface area (Å²) < 4.78 is 1.88. The van der Waals surface area contributed by atoms with Crippen molar-refractivity contribution in [3.63, 3.8) is 0 Å². The summed E-state index contributed by atoms with van der Waals surface area (Å²) in [6, 6.07) is 0. The first-order valence-corrected chi connectivity index (χ1v) is 5.92. The van der Waals surface area contributed by atoms with Gasteiger partial charge in [-0.3, -0.25) is 4.68 Å². The molecule has 2 atom stereocenters. The fourth-order valence-corrected chi connectivity index (χ4v) is 2.52. The quantitative estimate of drug-likeness (QED) is 0.809. The Balaban J connectivity index is 2.26. The van der Waals surface area contributed by atoms with Crippen molar-refractivity contribution in [3.8, 4) is 0 Å². The molecule has 0 radical (unpaired) electrons. The van der Waals surface area contributed by atoms with Gasteiger partial charge in [0, 0.05) is 18.3 Å². The van der Waals surface area contributed by atoms with E-state index >= 15 is 0 Å². The molecule has 84 valence electrons. The summed E-state index contributed by atoms with van der Waals surface area (Å²) in [6.45, 7) is 5.07. The maximum absolute atomic E-state index is 10.7. The van der Waals surface area contributed by atoms with Crippen LogP contribution in [0.3, 0.4) is 0 Å². The molecule has 0 aromatic carbocycles. The first-order chi connectivity index (χ1) is 7.16. The van der Waals surface area contributed by atoms with Crippen LogP contribution in [0.1, 0.15) is 45.1 Å². The van der Waals surface area contributed by atoms with Crippen LogP contribution in [0.4, 0.5) is 0 Å². The lowest BCUT2D eigenvalue weighted by Crippen LogP contribution is -2.36.